The van der Waals surface area contributed by atoms with Crippen molar-refractivity contribution in [2.75, 3.05) is 18.5 Å². The molecule has 1 aliphatic rings. The molecule has 2 nitrogen and oxygen atoms in total. The Kier molecular flexibility index (Phi) is 3.67. The fourth-order valence-electron chi connectivity index (χ4n) is 3.01. The van der Waals surface area contributed by atoms with E-state index in [1.165, 1.54) is 23.2 Å². The first-order valence-corrected chi connectivity index (χ1v) is 7.03. The molecule has 0 saturated carbocycles. The van der Waals surface area contributed by atoms with Gasteiger partial charge in [-0.05, 0) is 49.9 Å². The molecule has 0 spiro atoms. The Morgan fingerprint density at radius 1 is 1.39 bits per heavy atom. The van der Waals surface area contributed by atoms with Crippen molar-refractivity contribution in [3.63, 3.8) is 0 Å². The lowest BCUT2D eigenvalue weighted by atomic mass is 9.80. The molecular formula is C16H26N2. The van der Waals surface area contributed by atoms with E-state index in [0.717, 1.165) is 13.1 Å². The molecule has 1 heterocycles. The van der Waals surface area contributed by atoms with Crippen molar-refractivity contribution < 1.29 is 0 Å². The van der Waals surface area contributed by atoms with Gasteiger partial charge in [-0.25, -0.2) is 0 Å². The van der Waals surface area contributed by atoms with Gasteiger partial charge in [0.15, 0.2) is 0 Å². The Bertz CT molecular complexity index is 423. The largest absolute Gasteiger partial charge is 0.369 e. The van der Waals surface area contributed by atoms with Crippen molar-refractivity contribution in [1.29, 1.82) is 0 Å². The Morgan fingerprint density at radius 2 is 2.11 bits per heavy atom. The second-order valence-corrected chi connectivity index (χ2v) is 6.15. The van der Waals surface area contributed by atoms with E-state index in [4.69, 9.17) is 0 Å². The summed E-state index contributed by atoms with van der Waals surface area (Å²) in [5, 5.41) is 3.40. The second-order valence-electron chi connectivity index (χ2n) is 6.15. The summed E-state index contributed by atoms with van der Waals surface area (Å²) in [6, 6.07) is 6.93. The van der Waals surface area contributed by atoms with Crippen molar-refractivity contribution in [2.45, 2.75) is 52.1 Å². The highest BCUT2D eigenvalue weighted by Crippen LogP contribution is 2.42. The zero-order valence-electron chi connectivity index (χ0n) is 12.4. The summed E-state index contributed by atoms with van der Waals surface area (Å²) in [6.07, 6.45) is 1.22. The number of nitrogens with one attached hydrogen (secondary N) is 1. The van der Waals surface area contributed by atoms with Gasteiger partial charge in [-0.1, -0.05) is 26.0 Å². The lowest BCUT2D eigenvalue weighted by molar-refractivity contribution is 0.395. The van der Waals surface area contributed by atoms with Crippen molar-refractivity contribution in [2.24, 2.45) is 0 Å². The number of hydrogen-bond donors (Lipinski definition) is 1. The first-order chi connectivity index (χ1) is 8.45. The molecule has 0 amide bonds. The smallest absolute Gasteiger partial charge is 0.0403 e. The molecule has 18 heavy (non-hydrogen) atoms. The van der Waals surface area contributed by atoms with Crippen LogP contribution in [0.1, 0.15) is 51.2 Å². The Hall–Kier alpha value is -1.02. The van der Waals surface area contributed by atoms with E-state index in [2.05, 4.69) is 63.2 Å². The van der Waals surface area contributed by atoms with Gasteiger partial charge >= 0.3 is 0 Å². The highest BCUT2D eigenvalue weighted by molar-refractivity contribution is 5.60. The molecule has 0 bridgehead atoms. The molecule has 1 N–H and O–H groups in total. The maximum atomic E-state index is 3.40. The molecule has 1 atom stereocenters. The molecule has 2 rings (SSSR count). The van der Waals surface area contributed by atoms with Gasteiger partial charge in [0.05, 0.1) is 0 Å². The second kappa shape index (κ2) is 4.93. The highest BCUT2D eigenvalue weighted by atomic mass is 15.2. The van der Waals surface area contributed by atoms with Crippen LogP contribution in [0, 0.1) is 0 Å². The molecule has 0 unspecified atom stereocenters. The minimum Gasteiger partial charge on any atom is -0.369 e. The highest BCUT2D eigenvalue weighted by Gasteiger charge is 2.33. The topological polar surface area (TPSA) is 15.3 Å². The fraction of sp³-hybridized carbons (Fsp3) is 0.625. The number of anilines is 1. The van der Waals surface area contributed by atoms with Crippen LogP contribution in [-0.2, 0) is 6.54 Å². The summed E-state index contributed by atoms with van der Waals surface area (Å²) in [6.45, 7) is 11.2. The molecule has 2 heteroatoms. The summed E-state index contributed by atoms with van der Waals surface area (Å²) in [5.74, 6) is 0.646. The average molecular weight is 246 g/mol. The van der Waals surface area contributed by atoms with E-state index < -0.39 is 0 Å². The minimum atomic E-state index is 0.260. The minimum absolute atomic E-state index is 0.260. The van der Waals surface area contributed by atoms with Gasteiger partial charge in [0.25, 0.3) is 0 Å². The van der Waals surface area contributed by atoms with Gasteiger partial charge in [-0.15, -0.1) is 0 Å². The van der Waals surface area contributed by atoms with Crippen LogP contribution >= 0.6 is 0 Å². The van der Waals surface area contributed by atoms with Crippen LogP contribution in [0.3, 0.4) is 0 Å². The third-order valence-corrected chi connectivity index (χ3v) is 4.28. The number of fused-ring (bicyclic) bond motifs is 1. The summed E-state index contributed by atoms with van der Waals surface area (Å²) in [7, 11) is 2.22. The lowest BCUT2D eigenvalue weighted by Crippen LogP contribution is -2.45. The van der Waals surface area contributed by atoms with E-state index in [-0.39, 0.29) is 5.54 Å². The molecule has 1 aliphatic heterocycles. The third kappa shape index (κ3) is 2.39. The van der Waals surface area contributed by atoms with Crippen LogP contribution in [0.5, 0.6) is 0 Å². The maximum Gasteiger partial charge on any atom is 0.0403 e. The number of nitrogens with zero attached hydrogens (tertiary/aromatic N) is 1. The molecule has 0 saturated heterocycles. The normalized spacial score (nSPS) is 21.8. The Morgan fingerprint density at radius 3 is 2.78 bits per heavy atom. The van der Waals surface area contributed by atoms with Gasteiger partial charge < -0.3 is 10.2 Å². The molecule has 0 radical (unpaired) electrons. The van der Waals surface area contributed by atoms with Crippen LogP contribution in [0.25, 0.3) is 0 Å². The van der Waals surface area contributed by atoms with Gasteiger partial charge in [-0.2, -0.15) is 0 Å². The number of hydrogen-bond acceptors (Lipinski definition) is 2. The van der Waals surface area contributed by atoms with Crippen LogP contribution in [0.2, 0.25) is 0 Å². The molecular weight excluding hydrogens is 220 g/mol. The summed E-state index contributed by atoms with van der Waals surface area (Å²) < 4.78 is 0. The maximum absolute atomic E-state index is 3.40. The Balaban J connectivity index is 2.33. The first-order valence-electron chi connectivity index (χ1n) is 7.03. The molecule has 1 aromatic carbocycles. The Labute approximate surface area is 111 Å². The molecule has 0 aromatic heterocycles. The molecule has 0 fully saturated rings. The van der Waals surface area contributed by atoms with E-state index in [1.54, 1.807) is 0 Å². The summed E-state index contributed by atoms with van der Waals surface area (Å²) >= 11 is 0. The molecule has 100 valence electrons. The van der Waals surface area contributed by atoms with Crippen molar-refractivity contribution in [3.05, 3.63) is 29.3 Å². The van der Waals surface area contributed by atoms with Gasteiger partial charge in [0.1, 0.15) is 0 Å². The van der Waals surface area contributed by atoms with Gasteiger partial charge in [0, 0.05) is 24.8 Å². The van der Waals surface area contributed by atoms with Crippen LogP contribution in [0.15, 0.2) is 18.2 Å². The zero-order valence-corrected chi connectivity index (χ0v) is 12.4. The van der Waals surface area contributed by atoms with Crippen LogP contribution < -0.4 is 10.2 Å². The molecule has 0 aliphatic carbocycles. The fourth-order valence-corrected chi connectivity index (χ4v) is 3.01. The monoisotopic (exact) mass is 246 g/mol. The quantitative estimate of drug-likeness (QED) is 0.878. The van der Waals surface area contributed by atoms with E-state index in [0.29, 0.717) is 5.92 Å². The van der Waals surface area contributed by atoms with Crippen molar-refractivity contribution in [3.8, 4) is 0 Å². The lowest BCUT2D eigenvalue weighted by Gasteiger charge is -2.45. The summed E-state index contributed by atoms with van der Waals surface area (Å²) in [4.78, 5) is 2.43. The zero-order chi connectivity index (χ0) is 13.3. The van der Waals surface area contributed by atoms with E-state index in [9.17, 15) is 0 Å². The third-order valence-electron chi connectivity index (χ3n) is 4.28. The van der Waals surface area contributed by atoms with Crippen LogP contribution in [-0.4, -0.2) is 19.1 Å². The van der Waals surface area contributed by atoms with E-state index in [1.807, 2.05) is 0 Å². The first kappa shape index (κ1) is 13.4. The van der Waals surface area contributed by atoms with Gasteiger partial charge in [0.2, 0.25) is 0 Å². The summed E-state index contributed by atoms with van der Waals surface area (Å²) in [5.41, 5.74) is 4.57. The van der Waals surface area contributed by atoms with Gasteiger partial charge in [-0.3, -0.25) is 0 Å². The van der Waals surface area contributed by atoms with Crippen LogP contribution in [0.4, 0.5) is 5.69 Å². The molecule has 1 aromatic rings. The number of benzene rings is 1. The van der Waals surface area contributed by atoms with Crippen molar-refractivity contribution >= 4 is 5.69 Å². The predicted molar refractivity (Wildman–Crippen MR) is 79.3 cm³/mol. The SMILES string of the molecule is CCNCc1ccc2c(c1)[C@@H](C)CC(C)(C)N2C. The average Bonchev–Trinajstić information content (AvgIpc) is 2.33. The number of rotatable bonds is 3. The van der Waals surface area contributed by atoms with E-state index >= 15 is 0 Å². The standard InChI is InChI=1S/C16H26N2/c1-6-17-11-13-7-8-15-14(9-13)12(2)10-16(3,4)18(15)5/h7-9,12,17H,6,10-11H2,1-5H3/t12-/m0/s1. The predicted octanol–water partition coefficient (Wildman–Crippen LogP) is 3.52. The van der Waals surface area contributed by atoms with Crippen molar-refractivity contribution in [1.82, 2.24) is 5.32 Å².